The number of pyridine rings is 1. The van der Waals surface area contributed by atoms with Gasteiger partial charge in [-0.05, 0) is 43.1 Å². The Morgan fingerprint density at radius 3 is 2.36 bits per heavy atom. The molecule has 0 saturated carbocycles. The van der Waals surface area contributed by atoms with E-state index < -0.39 is 5.60 Å². The van der Waals surface area contributed by atoms with Gasteiger partial charge in [0, 0.05) is 48.2 Å². The maximum atomic E-state index is 12.3. The summed E-state index contributed by atoms with van der Waals surface area (Å²) in [7, 11) is 2.08. The Morgan fingerprint density at radius 1 is 1.03 bits per heavy atom. The molecule has 0 amide bonds. The molecule has 0 aliphatic carbocycles. The van der Waals surface area contributed by atoms with Crippen LogP contribution in [0.25, 0.3) is 0 Å². The van der Waals surface area contributed by atoms with Gasteiger partial charge in [-0.15, -0.1) is 0 Å². The molecule has 5 nitrogen and oxygen atoms in total. The highest BCUT2D eigenvalue weighted by atomic mass is 16.3. The van der Waals surface area contributed by atoms with E-state index in [4.69, 9.17) is 0 Å². The van der Waals surface area contributed by atoms with E-state index in [1.165, 1.54) is 11.9 Å². The number of hydrogen-bond donors (Lipinski definition) is 1. The number of benzene rings is 1. The molecule has 1 aromatic carbocycles. The zero-order valence-electron chi connectivity index (χ0n) is 20.1. The molecular formula is C28H32N4O. The number of aliphatic hydroxyl groups is 1. The van der Waals surface area contributed by atoms with Crippen LogP contribution in [0.4, 0.5) is 0 Å². The molecule has 5 heteroatoms. The topological polar surface area (TPSA) is 62.1 Å². The molecule has 0 radical (unpaired) electrons. The van der Waals surface area contributed by atoms with E-state index in [1.807, 2.05) is 19.1 Å². The van der Waals surface area contributed by atoms with Gasteiger partial charge < -0.3 is 10.0 Å². The molecule has 3 heterocycles. The van der Waals surface area contributed by atoms with Gasteiger partial charge in [-0.2, -0.15) is 0 Å². The summed E-state index contributed by atoms with van der Waals surface area (Å²) < 4.78 is 0. The van der Waals surface area contributed by atoms with Crippen LogP contribution in [0.3, 0.4) is 0 Å². The fraction of sp³-hybridized carbons (Fsp3) is 0.393. The lowest BCUT2D eigenvalue weighted by molar-refractivity contribution is -0.127. The minimum Gasteiger partial charge on any atom is -0.380 e. The van der Waals surface area contributed by atoms with Crippen molar-refractivity contribution < 1.29 is 5.11 Å². The fourth-order valence-corrected chi connectivity index (χ4v) is 4.88. The first-order valence-electron chi connectivity index (χ1n) is 11.5. The summed E-state index contributed by atoms with van der Waals surface area (Å²) in [6.07, 6.45) is 6.79. The van der Waals surface area contributed by atoms with Crippen LogP contribution in [0.5, 0.6) is 0 Å². The maximum Gasteiger partial charge on any atom is 0.124 e. The van der Waals surface area contributed by atoms with E-state index in [1.54, 1.807) is 18.6 Å². The molecule has 1 aliphatic heterocycles. The number of likely N-dealkylation sites (tertiary alicyclic amines) is 1. The first-order valence-corrected chi connectivity index (χ1v) is 11.5. The van der Waals surface area contributed by atoms with Crippen molar-refractivity contribution in [3.05, 3.63) is 89.3 Å². The summed E-state index contributed by atoms with van der Waals surface area (Å²) in [5, 5.41) is 12.3. The first-order chi connectivity index (χ1) is 15.7. The maximum absolute atomic E-state index is 12.3. The Bertz CT molecular complexity index is 1160. The van der Waals surface area contributed by atoms with Gasteiger partial charge in [0.15, 0.2) is 0 Å². The van der Waals surface area contributed by atoms with Gasteiger partial charge >= 0.3 is 0 Å². The second kappa shape index (κ2) is 9.05. The van der Waals surface area contributed by atoms with Crippen LogP contribution < -0.4 is 0 Å². The normalized spacial score (nSPS) is 18.0. The summed E-state index contributed by atoms with van der Waals surface area (Å²) >= 11 is 0. The molecule has 1 aliphatic rings. The van der Waals surface area contributed by atoms with Gasteiger partial charge in [0.1, 0.15) is 11.9 Å². The standard InChI is InChI=1S/C28H32N4O/c1-20(2)23-8-10-24(11-9-23)28(33,27(4)17-32(5)18-27)25-14-22(15-30-16-25)7-6-21(3)26-12-13-29-19-31-26/h8-16,19-21,33H,17-18H2,1-5H3/t21-,28-/m0/s1. The molecule has 0 unspecified atom stereocenters. The molecule has 1 fully saturated rings. The summed E-state index contributed by atoms with van der Waals surface area (Å²) in [6, 6.07) is 12.2. The van der Waals surface area contributed by atoms with E-state index in [-0.39, 0.29) is 11.3 Å². The van der Waals surface area contributed by atoms with Crippen molar-refractivity contribution in [3.63, 3.8) is 0 Å². The third-order valence-corrected chi connectivity index (χ3v) is 6.74. The predicted octanol–water partition coefficient (Wildman–Crippen LogP) is 4.34. The van der Waals surface area contributed by atoms with Crippen molar-refractivity contribution in [1.82, 2.24) is 19.9 Å². The van der Waals surface area contributed by atoms with E-state index in [0.29, 0.717) is 5.92 Å². The van der Waals surface area contributed by atoms with Crippen LogP contribution in [0.15, 0.2) is 61.3 Å². The molecule has 4 rings (SSSR count). The molecule has 170 valence electrons. The van der Waals surface area contributed by atoms with Gasteiger partial charge in [0.05, 0.1) is 11.6 Å². The van der Waals surface area contributed by atoms with Crippen molar-refractivity contribution in [2.24, 2.45) is 5.41 Å². The van der Waals surface area contributed by atoms with E-state index in [0.717, 1.165) is 35.5 Å². The third-order valence-electron chi connectivity index (χ3n) is 6.74. The highest BCUT2D eigenvalue weighted by Gasteiger charge is 2.55. The summed E-state index contributed by atoms with van der Waals surface area (Å²) in [5.74, 6) is 6.90. The van der Waals surface area contributed by atoms with Crippen molar-refractivity contribution in [3.8, 4) is 11.8 Å². The Hall–Kier alpha value is -3.07. The van der Waals surface area contributed by atoms with E-state index >= 15 is 0 Å². The molecular weight excluding hydrogens is 408 g/mol. The van der Waals surface area contributed by atoms with Gasteiger partial charge in [-0.3, -0.25) is 4.98 Å². The van der Waals surface area contributed by atoms with Gasteiger partial charge in [0.2, 0.25) is 0 Å². The number of nitrogens with zero attached hydrogens (tertiary/aromatic N) is 4. The highest BCUT2D eigenvalue weighted by Crippen LogP contribution is 2.50. The van der Waals surface area contributed by atoms with Crippen molar-refractivity contribution in [2.75, 3.05) is 20.1 Å². The van der Waals surface area contributed by atoms with Crippen LogP contribution in [-0.4, -0.2) is 45.1 Å². The second-order valence-corrected chi connectivity index (χ2v) is 9.81. The fourth-order valence-electron chi connectivity index (χ4n) is 4.88. The Labute approximate surface area is 196 Å². The molecule has 3 aromatic rings. The number of rotatable bonds is 5. The lowest BCUT2D eigenvalue weighted by atomic mass is 9.62. The lowest BCUT2D eigenvalue weighted by Gasteiger charge is -2.55. The molecule has 0 spiro atoms. The van der Waals surface area contributed by atoms with Crippen molar-refractivity contribution in [2.45, 2.75) is 45.1 Å². The lowest BCUT2D eigenvalue weighted by Crippen LogP contribution is -2.63. The average Bonchev–Trinajstić information content (AvgIpc) is 2.81. The zero-order valence-corrected chi connectivity index (χ0v) is 20.1. The van der Waals surface area contributed by atoms with Gasteiger partial charge in [-0.1, -0.05) is 56.9 Å². The number of hydrogen-bond acceptors (Lipinski definition) is 5. The van der Waals surface area contributed by atoms with Crippen molar-refractivity contribution in [1.29, 1.82) is 0 Å². The minimum atomic E-state index is -1.17. The van der Waals surface area contributed by atoms with Crippen LogP contribution in [-0.2, 0) is 5.60 Å². The largest absolute Gasteiger partial charge is 0.380 e. The molecule has 33 heavy (non-hydrogen) atoms. The molecule has 1 N–H and O–H groups in total. The average molecular weight is 441 g/mol. The Morgan fingerprint density at radius 2 is 1.76 bits per heavy atom. The van der Waals surface area contributed by atoms with Crippen LogP contribution >= 0.6 is 0 Å². The summed E-state index contributed by atoms with van der Waals surface area (Å²) in [6.45, 7) is 10.1. The minimum absolute atomic E-state index is 0.0306. The molecule has 0 bridgehead atoms. The van der Waals surface area contributed by atoms with Crippen LogP contribution in [0, 0.1) is 17.3 Å². The molecule has 1 saturated heterocycles. The van der Waals surface area contributed by atoms with Crippen LogP contribution in [0.1, 0.15) is 67.5 Å². The Kier molecular flexibility index (Phi) is 6.34. The summed E-state index contributed by atoms with van der Waals surface area (Å²) in [4.78, 5) is 15.0. The SMILES string of the molecule is CC(C)c1ccc([C@](O)(c2cncc(C#C[C@H](C)c3ccncn3)c2)C2(C)CN(C)C2)cc1. The summed E-state index contributed by atoms with van der Waals surface area (Å²) in [5.41, 5.74) is 3.09. The van der Waals surface area contributed by atoms with E-state index in [9.17, 15) is 5.11 Å². The monoisotopic (exact) mass is 440 g/mol. The zero-order chi connectivity index (χ0) is 23.6. The van der Waals surface area contributed by atoms with Gasteiger partial charge in [-0.25, -0.2) is 9.97 Å². The quantitative estimate of drug-likeness (QED) is 0.598. The van der Waals surface area contributed by atoms with Gasteiger partial charge in [0.25, 0.3) is 0 Å². The second-order valence-electron chi connectivity index (χ2n) is 9.81. The smallest absolute Gasteiger partial charge is 0.124 e. The molecule has 2 aromatic heterocycles. The first kappa shape index (κ1) is 23.1. The third kappa shape index (κ3) is 4.42. The number of aromatic nitrogens is 3. The van der Waals surface area contributed by atoms with E-state index in [2.05, 4.69) is 83.8 Å². The molecule has 2 atom stereocenters. The highest BCUT2D eigenvalue weighted by molar-refractivity contribution is 5.45. The van der Waals surface area contributed by atoms with Crippen molar-refractivity contribution >= 4 is 0 Å². The Balaban J connectivity index is 1.72. The van der Waals surface area contributed by atoms with Crippen LogP contribution in [0.2, 0.25) is 0 Å². The predicted molar refractivity (Wildman–Crippen MR) is 131 cm³/mol.